The molecular formula is C17H18N4OS. The van der Waals surface area contributed by atoms with Gasteiger partial charge in [0.25, 0.3) is 0 Å². The van der Waals surface area contributed by atoms with Crippen LogP contribution in [-0.2, 0) is 0 Å². The lowest BCUT2D eigenvalue weighted by atomic mass is 10.2. The molecule has 0 unspecified atom stereocenters. The number of aryl methyl sites for hydroxylation is 2. The molecule has 0 spiro atoms. The van der Waals surface area contributed by atoms with Gasteiger partial charge in [-0.25, -0.2) is 9.97 Å². The summed E-state index contributed by atoms with van der Waals surface area (Å²) in [4.78, 5) is 10.9. The standard InChI is InChI=1S/C17H18N4OS/c1-4-22-14-8-6-5-7-13(14)9-20-21-16-15-11(2)12(3)23-17(15)19-10-18-16/h5-10H,4H2,1-3H3,(H,18,19,21)/b20-9+. The summed E-state index contributed by atoms with van der Waals surface area (Å²) in [5.74, 6) is 1.54. The minimum Gasteiger partial charge on any atom is -0.493 e. The predicted octanol–water partition coefficient (Wildman–Crippen LogP) is 4.15. The number of hydrogen-bond acceptors (Lipinski definition) is 6. The number of ether oxygens (including phenoxy) is 1. The molecule has 0 amide bonds. The minimum atomic E-state index is 0.623. The van der Waals surface area contributed by atoms with Crippen molar-refractivity contribution in [3.8, 4) is 5.75 Å². The van der Waals surface area contributed by atoms with Gasteiger partial charge in [0, 0.05) is 10.4 Å². The molecule has 2 heterocycles. The molecule has 0 fully saturated rings. The van der Waals surface area contributed by atoms with Crippen LogP contribution in [0.15, 0.2) is 35.7 Å². The van der Waals surface area contributed by atoms with Gasteiger partial charge >= 0.3 is 0 Å². The third-order valence-electron chi connectivity index (χ3n) is 3.56. The Labute approximate surface area is 139 Å². The number of fused-ring (bicyclic) bond motifs is 1. The van der Waals surface area contributed by atoms with Gasteiger partial charge in [-0.1, -0.05) is 12.1 Å². The minimum absolute atomic E-state index is 0.623. The van der Waals surface area contributed by atoms with E-state index in [0.29, 0.717) is 6.61 Å². The first-order chi connectivity index (χ1) is 11.2. The fourth-order valence-corrected chi connectivity index (χ4v) is 3.30. The van der Waals surface area contributed by atoms with Crippen LogP contribution in [-0.4, -0.2) is 22.8 Å². The molecule has 3 aromatic rings. The molecule has 23 heavy (non-hydrogen) atoms. The van der Waals surface area contributed by atoms with Gasteiger partial charge in [0.15, 0.2) is 5.82 Å². The van der Waals surface area contributed by atoms with E-state index in [9.17, 15) is 0 Å². The highest BCUT2D eigenvalue weighted by Crippen LogP contribution is 2.32. The largest absolute Gasteiger partial charge is 0.493 e. The van der Waals surface area contributed by atoms with Crippen LogP contribution in [0.25, 0.3) is 10.2 Å². The zero-order chi connectivity index (χ0) is 16.2. The Morgan fingerprint density at radius 3 is 2.91 bits per heavy atom. The van der Waals surface area contributed by atoms with Crippen LogP contribution in [0.5, 0.6) is 5.75 Å². The molecule has 0 bridgehead atoms. The molecule has 2 aromatic heterocycles. The van der Waals surface area contributed by atoms with Crippen molar-refractivity contribution in [2.24, 2.45) is 5.10 Å². The number of para-hydroxylation sites is 1. The Morgan fingerprint density at radius 1 is 1.26 bits per heavy atom. The molecule has 0 saturated heterocycles. The summed E-state index contributed by atoms with van der Waals surface area (Å²) in [6.45, 7) is 6.76. The van der Waals surface area contributed by atoms with Crippen molar-refractivity contribution in [3.05, 3.63) is 46.6 Å². The van der Waals surface area contributed by atoms with Crippen LogP contribution in [0, 0.1) is 13.8 Å². The average molecular weight is 326 g/mol. The Balaban J connectivity index is 1.87. The van der Waals surface area contributed by atoms with Crippen LogP contribution < -0.4 is 10.2 Å². The van der Waals surface area contributed by atoms with E-state index in [0.717, 1.165) is 27.3 Å². The van der Waals surface area contributed by atoms with Crippen molar-refractivity contribution in [1.29, 1.82) is 0 Å². The fraction of sp³-hybridized carbons (Fsp3) is 0.235. The van der Waals surface area contributed by atoms with Crippen LogP contribution in [0.3, 0.4) is 0 Å². The van der Waals surface area contributed by atoms with Crippen molar-refractivity contribution >= 4 is 33.6 Å². The summed E-state index contributed by atoms with van der Waals surface area (Å²) >= 11 is 1.67. The van der Waals surface area contributed by atoms with E-state index in [2.05, 4.69) is 34.3 Å². The molecule has 0 aliphatic rings. The normalized spacial score (nSPS) is 11.3. The predicted molar refractivity (Wildman–Crippen MR) is 95.7 cm³/mol. The Morgan fingerprint density at radius 2 is 2.09 bits per heavy atom. The van der Waals surface area contributed by atoms with Crippen LogP contribution in [0.4, 0.5) is 5.82 Å². The number of anilines is 1. The molecule has 0 atom stereocenters. The second-order valence-corrected chi connectivity index (χ2v) is 6.23. The lowest BCUT2D eigenvalue weighted by Crippen LogP contribution is -1.98. The van der Waals surface area contributed by atoms with E-state index in [4.69, 9.17) is 4.74 Å². The van der Waals surface area contributed by atoms with Gasteiger partial charge in [0.1, 0.15) is 16.9 Å². The second-order valence-electron chi connectivity index (χ2n) is 5.03. The van der Waals surface area contributed by atoms with Crippen LogP contribution >= 0.6 is 11.3 Å². The molecule has 0 aliphatic carbocycles. The highest BCUT2D eigenvalue weighted by atomic mass is 32.1. The molecule has 1 N–H and O–H groups in total. The zero-order valence-corrected chi connectivity index (χ0v) is 14.1. The Hall–Kier alpha value is -2.47. The maximum Gasteiger partial charge on any atom is 0.158 e. The third-order valence-corrected chi connectivity index (χ3v) is 4.67. The van der Waals surface area contributed by atoms with Crippen LogP contribution in [0.2, 0.25) is 0 Å². The maximum atomic E-state index is 5.59. The smallest absolute Gasteiger partial charge is 0.158 e. The SMILES string of the molecule is CCOc1ccccc1/C=N/Nc1ncnc2sc(C)c(C)c12. The van der Waals surface area contributed by atoms with E-state index in [1.54, 1.807) is 23.9 Å². The molecule has 1 aromatic carbocycles. The first-order valence-corrected chi connectivity index (χ1v) is 8.24. The fourth-order valence-electron chi connectivity index (χ4n) is 2.30. The van der Waals surface area contributed by atoms with Crippen molar-refractivity contribution in [3.63, 3.8) is 0 Å². The van der Waals surface area contributed by atoms with Crippen molar-refractivity contribution < 1.29 is 4.74 Å². The van der Waals surface area contributed by atoms with Gasteiger partial charge in [-0.05, 0) is 38.5 Å². The van der Waals surface area contributed by atoms with Gasteiger partial charge in [-0.3, -0.25) is 5.43 Å². The lowest BCUT2D eigenvalue weighted by molar-refractivity contribution is 0.340. The number of nitrogens with one attached hydrogen (secondary N) is 1. The summed E-state index contributed by atoms with van der Waals surface area (Å²) in [5, 5.41) is 5.35. The second kappa shape index (κ2) is 6.75. The van der Waals surface area contributed by atoms with Crippen molar-refractivity contribution in [2.75, 3.05) is 12.0 Å². The summed E-state index contributed by atoms with van der Waals surface area (Å²) in [7, 11) is 0. The summed E-state index contributed by atoms with van der Waals surface area (Å²) < 4.78 is 5.59. The molecule has 6 heteroatoms. The van der Waals surface area contributed by atoms with Gasteiger partial charge < -0.3 is 4.74 Å². The van der Waals surface area contributed by atoms with Gasteiger partial charge in [0.05, 0.1) is 18.2 Å². The van der Waals surface area contributed by atoms with E-state index < -0.39 is 0 Å². The topological polar surface area (TPSA) is 59.4 Å². The number of hydrazone groups is 1. The van der Waals surface area contributed by atoms with E-state index in [-0.39, 0.29) is 0 Å². The molecule has 0 radical (unpaired) electrons. The number of thiophene rings is 1. The molecule has 3 rings (SSSR count). The number of nitrogens with zero attached hydrogens (tertiary/aromatic N) is 3. The van der Waals surface area contributed by atoms with E-state index in [1.807, 2.05) is 31.2 Å². The maximum absolute atomic E-state index is 5.59. The molecule has 5 nitrogen and oxygen atoms in total. The first kappa shape index (κ1) is 15.4. The lowest BCUT2D eigenvalue weighted by Gasteiger charge is -2.06. The molecular weight excluding hydrogens is 308 g/mol. The zero-order valence-electron chi connectivity index (χ0n) is 13.3. The van der Waals surface area contributed by atoms with Crippen molar-refractivity contribution in [1.82, 2.24) is 9.97 Å². The summed E-state index contributed by atoms with van der Waals surface area (Å²) in [6, 6.07) is 7.80. The number of aromatic nitrogens is 2. The number of benzene rings is 1. The van der Waals surface area contributed by atoms with Gasteiger partial charge in [-0.2, -0.15) is 5.10 Å². The highest BCUT2D eigenvalue weighted by molar-refractivity contribution is 7.18. The number of rotatable bonds is 5. The van der Waals surface area contributed by atoms with Gasteiger partial charge in [0.2, 0.25) is 0 Å². The van der Waals surface area contributed by atoms with E-state index >= 15 is 0 Å². The quantitative estimate of drug-likeness (QED) is 0.565. The monoisotopic (exact) mass is 326 g/mol. The highest BCUT2D eigenvalue weighted by Gasteiger charge is 2.11. The van der Waals surface area contributed by atoms with Crippen LogP contribution in [0.1, 0.15) is 22.9 Å². The Bertz CT molecular complexity index is 857. The van der Waals surface area contributed by atoms with E-state index in [1.165, 1.54) is 10.4 Å². The molecule has 118 valence electrons. The number of hydrogen-bond donors (Lipinski definition) is 1. The summed E-state index contributed by atoms with van der Waals surface area (Å²) in [5.41, 5.74) is 5.14. The third kappa shape index (κ3) is 3.17. The molecule has 0 saturated carbocycles. The first-order valence-electron chi connectivity index (χ1n) is 7.42. The molecule has 0 aliphatic heterocycles. The average Bonchev–Trinajstić information content (AvgIpc) is 2.85. The van der Waals surface area contributed by atoms with Gasteiger partial charge in [-0.15, -0.1) is 11.3 Å². The van der Waals surface area contributed by atoms with Crippen molar-refractivity contribution in [2.45, 2.75) is 20.8 Å². The summed E-state index contributed by atoms with van der Waals surface area (Å²) in [6.07, 6.45) is 3.30. The Kier molecular flexibility index (Phi) is 4.52.